The second kappa shape index (κ2) is 8.51. The molecule has 29 heavy (non-hydrogen) atoms. The topological polar surface area (TPSA) is 82.6 Å². The summed E-state index contributed by atoms with van der Waals surface area (Å²) in [4.78, 5) is 21.5. The average molecular weight is 417 g/mol. The van der Waals surface area contributed by atoms with Crippen LogP contribution in [0.4, 0.5) is 5.82 Å². The Balaban J connectivity index is 1.62. The van der Waals surface area contributed by atoms with Crippen molar-refractivity contribution in [1.82, 2.24) is 14.6 Å². The van der Waals surface area contributed by atoms with Crippen LogP contribution in [0, 0.1) is 13.8 Å². The van der Waals surface area contributed by atoms with Gasteiger partial charge in [0.25, 0.3) is 5.91 Å². The highest BCUT2D eigenvalue weighted by Crippen LogP contribution is 2.21. The van der Waals surface area contributed by atoms with Gasteiger partial charge in [-0.3, -0.25) is 4.79 Å². The molecule has 0 saturated carbocycles. The molecule has 1 saturated heterocycles. The number of carbonyl (C=O) groups is 1. The molecule has 1 N–H and O–H groups in total. The second-order valence-corrected chi connectivity index (χ2v) is 9.45. The van der Waals surface area contributed by atoms with Gasteiger partial charge in [-0.05, 0) is 49.6 Å². The number of aromatic nitrogens is 1. The van der Waals surface area contributed by atoms with E-state index in [1.165, 1.54) is 0 Å². The van der Waals surface area contributed by atoms with E-state index in [4.69, 9.17) is 0 Å². The Morgan fingerprint density at radius 1 is 1.10 bits per heavy atom. The Bertz CT molecular complexity index is 981. The largest absolute Gasteiger partial charge is 0.353 e. The van der Waals surface area contributed by atoms with Crippen LogP contribution in [0.5, 0.6) is 0 Å². The van der Waals surface area contributed by atoms with Gasteiger partial charge in [0.1, 0.15) is 5.82 Å². The van der Waals surface area contributed by atoms with Crippen LogP contribution in [0.2, 0.25) is 0 Å². The van der Waals surface area contributed by atoms with Gasteiger partial charge in [0, 0.05) is 44.0 Å². The molecule has 1 aromatic carbocycles. The minimum atomic E-state index is -3.28. The molecule has 0 radical (unpaired) electrons. The maximum Gasteiger partial charge on any atom is 0.253 e. The van der Waals surface area contributed by atoms with Crippen molar-refractivity contribution in [2.24, 2.45) is 0 Å². The number of amides is 1. The Labute approximate surface area is 172 Å². The van der Waals surface area contributed by atoms with Gasteiger partial charge in [-0.2, -0.15) is 0 Å². The standard InChI is InChI=1S/C21H28N4O3S/c1-15-13-16(2)20(22-14-15)24-9-11-25(12-10-24)21(26)19-7-5-18(6-8-19)17(3)23-29(4,27)28/h5-8,13-14,17,23H,9-12H2,1-4H3/t17-/m0/s1. The minimum absolute atomic E-state index is 0.00601. The third-order valence-corrected chi connectivity index (χ3v) is 5.88. The molecular formula is C21H28N4O3S. The summed E-state index contributed by atoms with van der Waals surface area (Å²) in [5, 5.41) is 0. The van der Waals surface area contributed by atoms with Crippen molar-refractivity contribution in [3.05, 3.63) is 58.8 Å². The van der Waals surface area contributed by atoms with Crippen molar-refractivity contribution in [3.63, 3.8) is 0 Å². The van der Waals surface area contributed by atoms with E-state index >= 15 is 0 Å². The maximum atomic E-state index is 12.8. The summed E-state index contributed by atoms with van der Waals surface area (Å²) >= 11 is 0. The number of pyridine rings is 1. The van der Waals surface area contributed by atoms with Crippen molar-refractivity contribution in [1.29, 1.82) is 0 Å². The number of anilines is 1. The van der Waals surface area contributed by atoms with Crippen LogP contribution < -0.4 is 9.62 Å². The second-order valence-electron chi connectivity index (χ2n) is 7.67. The van der Waals surface area contributed by atoms with Crippen LogP contribution in [0.15, 0.2) is 36.5 Å². The zero-order valence-corrected chi connectivity index (χ0v) is 18.2. The Kier molecular flexibility index (Phi) is 6.24. The van der Waals surface area contributed by atoms with Gasteiger partial charge in [-0.25, -0.2) is 18.1 Å². The molecule has 0 bridgehead atoms. The zero-order chi connectivity index (χ0) is 21.2. The zero-order valence-electron chi connectivity index (χ0n) is 17.3. The monoisotopic (exact) mass is 416 g/mol. The predicted molar refractivity (Wildman–Crippen MR) is 115 cm³/mol. The van der Waals surface area contributed by atoms with Crippen LogP contribution in [-0.2, 0) is 10.0 Å². The van der Waals surface area contributed by atoms with Crippen LogP contribution in [0.25, 0.3) is 0 Å². The molecule has 1 aliphatic heterocycles. The fourth-order valence-corrected chi connectivity index (χ4v) is 4.42. The first-order chi connectivity index (χ1) is 13.6. The van der Waals surface area contributed by atoms with Crippen molar-refractivity contribution < 1.29 is 13.2 Å². The Morgan fingerprint density at radius 3 is 2.28 bits per heavy atom. The number of hydrogen-bond donors (Lipinski definition) is 1. The van der Waals surface area contributed by atoms with Crippen molar-refractivity contribution in [2.75, 3.05) is 37.3 Å². The molecule has 1 aromatic heterocycles. The van der Waals surface area contributed by atoms with Gasteiger partial charge in [0.05, 0.1) is 6.26 Å². The van der Waals surface area contributed by atoms with E-state index in [-0.39, 0.29) is 11.9 Å². The highest BCUT2D eigenvalue weighted by molar-refractivity contribution is 7.88. The number of nitrogens with one attached hydrogen (secondary N) is 1. The van der Waals surface area contributed by atoms with Crippen molar-refractivity contribution in [2.45, 2.75) is 26.8 Å². The van der Waals surface area contributed by atoms with E-state index in [0.29, 0.717) is 18.7 Å². The molecule has 3 rings (SSSR count). The van der Waals surface area contributed by atoms with E-state index in [1.54, 1.807) is 31.2 Å². The molecule has 1 aliphatic rings. The molecule has 8 heteroatoms. The molecule has 0 unspecified atom stereocenters. The Hall–Kier alpha value is -2.45. The number of sulfonamides is 1. The molecule has 1 amide bonds. The van der Waals surface area contributed by atoms with E-state index in [9.17, 15) is 13.2 Å². The average Bonchev–Trinajstić information content (AvgIpc) is 2.66. The Morgan fingerprint density at radius 2 is 1.72 bits per heavy atom. The molecule has 1 fully saturated rings. The first-order valence-corrected chi connectivity index (χ1v) is 11.6. The first kappa shape index (κ1) is 21.3. The summed E-state index contributed by atoms with van der Waals surface area (Å²) in [6.45, 7) is 8.64. The minimum Gasteiger partial charge on any atom is -0.353 e. The van der Waals surface area contributed by atoms with Crippen LogP contribution in [0.1, 0.15) is 40.0 Å². The van der Waals surface area contributed by atoms with Crippen LogP contribution in [0.3, 0.4) is 0 Å². The number of hydrogen-bond acceptors (Lipinski definition) is 5. The molecule has 1 atom stereocenters. The fourth-order valence-electron chi connectivity index (χ4n) is 3.65. The summed E-state index contributed by atoms with van der Waals surface area (Å²) < 4.78 is 25.3. The summed E-state index contributed by atoms with van der Waals surface area (Å²) in [5.74, 6) is 0.980. The first-order valence-electron chi connectivity index (χ1n) is 9.69. The maximum absolute atomic E-state index is 12.8. The van der Waals surface area contributed by atoms with Gasteiger partial charge in [0.15, 0.2) is 0 Å². The third-order valence-electron chi connectivity index (χ3n) is 5.10. The molecule has 0 spiro atoms. The number of nitrogens with zero attached hydrogens (tertiary/aromatic N) is 3. The van der Waals surface area contributed by atoms with Crippen molar-refractivity contribution in [3.8, 4) is 0 Å². The lowest BCUT2D eigenvalue weighted by molar-refractivity contribution is 0.0746. The van der Waals surface area contributed by atoms with E-state index in [0.717, 1.165) is 41.9 Å². The quantitative estimate of drug-likeness (QED) is 0.809. The highest BCUT2D eigenvalue weighted by Gasteiger charge is 2.24. The van der Waals surface area contributed by atoms with Crippen LogP contribution in [-0.4, -0.2) is 56.6 Å². The number of benzene rings is 1. The lowest BCUT2D eigenvalue weighted by Crippen LogP contribution is -2.49. The number of rotatable bonds is 5. The van der Waals surface area contributed by atoms with Crippen LogP contribution >= 0.6 is 0 Å². The summed E-state index contributed by atoms with van der Waals surface area (Å²) in [6.07, 6.45) is 3.01. The van der Waals surface area contributed by atoms with Gasteiger partial charge >= 0.3 is 0 Å². The summed E-state index contributed by atoms with van der Waals surface area (Å²) in [5.41, 5.74) is 3.72. The molecule has 7 nitrogen and oxygen atoms in total. The molecule has 2 heterocycles. The van der Waals surface area contributed by atoms with Gasteiger partial charge < -0.3 is 9.80 Å². The number of carbonyl (C=O) groups excluding carboxylic acids is 1. The van der Waals surface area contributed by atoms with Gasteiger partial charge in [-0.1, -0.05) is 18.2 Å². The lowest BCUT2D eigenvalue weighted by atomic mass is 10.1. The molecule has 156 valence electrons. The SMILES string of the molecule is Cc1cnc(N2CCN(C(=O)c3ccc([C@H](C)NS(C)(=O)=O)cc3)CC2)c(C)c1. The predicted octanol–water partition coefficient (Wildman–Crippen LogP) is 2.27. The summed E-state index contributed by atoms with van der Waals surface area (Å²) in [6, 6.07) is 8.90. The smallest absolute Gasteiger partial charge is 0.253 e. The van der Waals surface area contributed by atoms with E-state index in [1.807, 2.05) is 18.0 Å². The van der Waals surface area contributed by atoms with E-state index < -0.39 is 10.0 Å². The number of aryl methyl sites for hydroxylation is 2. The third kappa shape index (κ3) is 5.33. The normalized spacial score (nSPS) is 16.0. The van der Waals surface area contributed by atoms with Gasteiger partial charge in [-0.15, -0.1) is 0 Å². The lowest BCUT2D eigenvalue weighted by Gasteiger charge is -2.36. The highest BCUT2D eigenvalue weighted by atomic mass is 32.2. The van der Waals surface area contributed by atoms with Crippen molar-refractivity contribution >= 4 is 21.7 Å². The molecule has 2 aromatic rings. The summed E-state index contributed by atoms with van der Waals surface area (Å²) in [7, 11) is -3.28. The van der Waals surface area contributed by atoms with Gasteiger partial charge in [0.2, 0.25) is 10.0 Å². The van der Waals surface area contributed by atoms with E-state index in [2.05, 4.69) is 27.6 Å². The molecule has 0 aliphatic carbocycles. The number of piperazine rings is 1. The molecular weight excluding hydrogens is 388 g/mol. The fraction of sp³-hybridized carbons (Fsp3) is 0.429.